The maximum Gasteiger partial charge on any atom is 0.272 e. The van der Waals surface area contributed by atoms with Crippen molar-refractivity contribution in [2.45, 2.75) is 13.5 Å². The standard InChI is InChI=1S/C23H17F2N5O/c1-13-27-19-10-18(11-26-22(19)28-13)29-23(31)21-9-15-8-17(25)5-6-20(15)30(21)12-14-3-2-4-16(24)7-14/h2-11H,12H2,1H3,(H,29,31)(H,26,27,28). The number of rotatable bonds is 4. The number of halogens is 2. The van der Waals surface area contributed by atoms with E-state index in [1.54, 1.807) is 34.9 Å². The van der Waals surface area contributed by atoms with E-state index in [-0.39, 0.29) is 18.3 Å². The summed E-state index contributed by atoms with van der Waals surface area (Å²) in [5, 5.41) is 3.42. The lowest BCUT2D eigenvalue weighted by molar-refractivity contribution is 0.101. The molecule has 2 aromatic carbocycles. The minimum Gasteiger partial charge on any atom is -0.341 e. The van der Waals surface area contributed by atoms with Crippen molar-refractivity contribution in [1.82, 2.24) is 19.5 Å². The Balaban J connectivity index is 1.54. The summed E-state index contributed by atoms with van der Waals surface area (Å²) in [7, 11) is 0. The van der Waals surface area contributed by atoms with Gasteiger partial charge < -0.3 is 14.9 Å². The summed E-state index contributed by atoms with van der Waals surface area (Å²) in [6.45, 7) is 2.08. The van der Waals surface area contributed by atoms with Crippen LogP contribution in [0, 0.1) is 18.6 Å². The van der Waals surface area contributed by atoms with E-state index in [2.05, 4.69) is 20.3 Å². The zero-order valence-electron chi connectivity index (χ0n) is 16.5. The van der Waals surface area contributed by atoms with E-state index in [0.29, 0.717) is 39.0 Å². The lowest BCUT2D eigenvalue weighted by atomic mass is 10.2. The minimum absolute atomic E-state index is 0.257. The number of carbonyl (C=O) groups is 1. The van der Waals surface area contributed by atoms with Crippen molar-refractivity contribution in [2.24, 2.45) is 0 Å². The fourth-order valence-corrected chi connectivity index (χ4v) is 3.70. The molecule has 0 aliphatic rings. The van der Waals surface area contributed by atoms with Crippen molar-refractivity contribution in [1.29, 1.82) is 0 Å². The number of aromatic amines is 1. The maximum absolute atomic E-state index is 13.8. The number of amides is 1. The third kappa shape index (κ3) is 3.63. The van der Waals surface area contributed by atoms with Crippen molar-refractivity contribution in [3.63, 3.8) is 0 Å². The van der Waals surface area contributed by atoms with E-state index >= 15 is 0 Å². The number of anilines is 1. The third-order valence-electron chi connectivity index (χ3n) is 5.04. The normalized spacial score (nSPS) is 11.3. The molecule has 0 bridgehead atoms. The number of hydrogen-bond acceptors (Lipinski definition) is 3. The van der Waals surface area contributed by atoms with Crippen LogP contribution in [0.5, 0.6) is 0 Å². The van der Waals surface area contributed by atoms with Crippen LogP contribution in [0.25, 0.3) is 22.1 Å². The van der Waals surface area contributed by atoms with Gasteiger partial charge in [0, 0.05) is 17.4 Å². The van der Waals surface area contributed by atoms with Gasteiger partial charge in [0.15, 0.2) is 5.65 Å². The van der Waals surface area contributed by atoms with Crippen LogP contribution in [-0.4, -0.2) is 25.4 Å². The Morgan fingerprint density at radius 2 is 1.94 bits per heavy atom. The summed E-state index contributed by atoms with van der Waals surface area (Å²) in [5.74, 6) is -0.416. The summed E-state index contributed by atoms with van der Waals surface area (Å²) >= 11 is 0. The van der Waals surface area contributed by atoms with Gasteiger partial charge in [0.25, 0.3) is 5.91 Å². The Labute approximate surface area is 175 Å². The smallest absolute Gasteiger partial charge is 0.272 e. The molecule has 31 heavy (non-hydrogen) atoms. The van der Waals surface area contributed by atoms with Gasteiger partial charge >= 0.3 is 0 Å². The lowest BCUT2D eigenvalue weighted by Crippen LogP contribution is -2.17. The molecular weight excluding hydrogens is 400 g/mol. The monoisotopic (exact) mass is 417 g/mol. The highest BCUT2D eigenvalue weighted by molar-refractivity contribution is 6.06. The quantitative estimate of drug-likeness (QED) is 0.441. The molecule has 0 fully saturated rings. The zero-order chi connectivity index (χ0) is 21.5. The van der Waals surface area contributed by atoms with E-state index in [4.69, 9.17) is 0 Å². The molecule has 0 atom stereocenters. The van der Waals surface area contributed by atoms with Crippen LogP contribution in [-0.2, 0) is 6.54 Å². The molecule has 0 aliphatic carbocycles. The number of nitrogens with zero attached hydrogens (tertiary/aromatic N) is 3. The highest BCUT2D eigenvalue weighted by Crippen LogP contribution is 2.24. The van der Waals surface area contributed by atoms with Crippen LogP contribution in [0.3, 0.4) is 0 Å². The van der Waals surface area contributed by atoms with Crippen LogP contribution in [0.1, 0.15) is 21.9 Å². The second kappa shape index (κ2) is 7.32. The first kappa shape index (κ1) is 18.9. The number of hydrogen-bond donors (Lipinski definition) is 2. The molecule has 0 aliphatic heterocycles. The Morgan fingerprint density at radius 3 is 2.77 bits per heavy atom. The number of carbonyl (C=O) groups excluding carboxylic acids is 1. The molecule has 5 aromatic rings. The average molecular weight is 417 g/mol. The molecule has 0 saturated heterocycles. The Hall–Kier alpha value is -4.07. The van der Waals surface area contributed by atoms with Gasteiger partial charge in [-0.05, 0) is 55.0 Å². The lowest BCUT2D eigenvalue weighted by Gasteiger charge is -2.12. The molecule has 3 heterocycles. The third-order valence-corrected chi connectivity index (χ3v) is 5.04. The molecule has 8 heteroatoms. The Kier molecular flexibility index (Phi) is 4.47. The summed E-state index contributed by atoms with van der Waals surface area (Å²) in [5.41, 5.74) is 3.45. The molecule has 6 nitrogen and oxygen atoms in total. The summed E-state index contributed by atoms with van der Waals surface area (Å²) in [6.07, 6.45) is 1.53. The maximum atomic E-state index is 13.8. The van der Waals surface area contributed by atoms with Gasteiger partial charge in [-0.2, -0.15) is 0 Å². The van der Waals surface area contributed by atoms with Gasteiger partial charge in [-0.1, -0.05) is 12.1 Å². The molecule has 3 aromatic heterocycles. The zero-order valence-corrected chi connectivity index (χ0v) is 16.5. The Bertz CT molecular complexity index is 1450. The molecule has 0 spiro atoms. The fraction of sp³-hybridized carbons (Fsp3) is 0.0870. The van der Waals surface area contributed by atoms with Crippen LogP contribution in [0.15, 0.2) is 60.8 Å². The van der Waals surface area contributed by atoms with Gasteiger partial charge in [-0.3, -0.25) is 4.79 Å². The number of H-pyrrole nitrogens is 1. The van der Waals surface area contributed by atoms with Gasteiger partial charge in [-0.25, -0.2) is 18.7 Å². The van der Waals surface area contributed by atoms with Crippen molar-refractivity contribution >= 4 is 33.7 Å². The van der Waals surface area contributed by atoms with Gasteiger partial charge in [0.1, 0.15) is 23.2 Å². The molecule has 1 amide bonds. The fourth-order valence-electron chi connectivity index (χ4n) is 3.70. The molecule has 0 radical (unpaired) electrons. The second-order valence-electron chi connectivity index (χ2n) is 7.32. The first-order valence-electron chi connectivity index (χ1n) is 9.63. The first-order valence-corrected chi connectivity index (χ1v) is 9.63. The van der Waals surface area contributed by atoms with E-state index in [1.165, 1.54) is 30.5 Å². The first-order chi connectivity index (χ1) is 15.0. The molecule has 0 saturated carbocycles. The predicted octanol–water partition coefficient (Wildman–Crippen LogP) is 4.80. The summed E-state index contributed by atoms with van der Waals surface area (Å²) in [6, 6.07) is 13.9. The molecule has 2 N–H and O–H groups in total. The Morgan fingerprint density at radius 1 is 1.10 bits per heavy atom. The van der Waals surface area contributed by atoms with Gasteiger partial charge in [-0.15, -0.1) is 0 Å². The highest BCUT2D eigenvalue weighted by Gasteiger charge is 2.17. The number of fused-ring (bicyclic) bond motifs is 2. The van der Waals surface area contributed by atoms with Crippen molar-refractivity contribution < 1.29 is 13.6 Å². The SMILES string of the molecule is Cc1nc2ncc(NC(=O)c3cc4cc(F)ccc4n3Cc3cccc(F)c3)cc2[nH]1. The second-order valence-corrected chi connectivity index (χ2v) is 7.32. The average Bonchev–Trinajstić information content (AvgIpc) is 3.27. The minimum atomic E-state index is -0.397. The number of imidazole rings is 1. The largest absolute Gasteiger partial charge is 0.341 e. The molecule has 0 unspecified atom stereocenters. The van der Waals surface area contributed by atoms with Crippen molar-refractivity contribution in [3.05, 3.63) is 89.5 Å². The molecule has 154 valence electrons. The molecule has 5 rings (SSSR count). The van der Waals surface area contributed by atoms with E-state index < -0.39 is 5.82 Å². The van der Waals surface area contributed by atoms with Crippen molar-refractivity contribution in [3.8, 4) is 0 Å². The summed E-state index contributed by atoms with van der Waals surface area (Å²) < 4.78 is 29.2. The van der Waals surface area contributed by atoms with Crippen LogP contribution < -0.4 is 5.32 Å². The number of pyridine rings is 1. The van der Waals surface area contributed by atoms with E-state index in [9.17, 15) is 13.6 Å². The number of nitrogens with one attached hydrogen (secondary N) is 2. The highest BCUT2D eigenvalue weighted by atomic mass is 19.1. The van der Waals surface area contributed by atoms with Crippen LogP contribution >= 0.6 is 0 Å². The number of aromatic nitrogens is 4. The van der Waals surface area contributed by atoms with Crippen LogP contribution in [0.4, 0.5) is 14.5 Å². The van der Waals surface area contributed by atoms with E-state index in [0.717, 1.165) is 5.82 Å². The van der Waals surface area contributed by atoms with Crippen LogP contribution in [0.2, 0.25) is 0 Å². The van der Waals surface area contributed by atoms with Gasteiger partial charge in [0.05, 0.1) is 17.4 Å². The molecular formula is C23H17F2N5O. The van der Waals surface area contributed by atoms with Crippen molar-refractivity contribution in [2.75, 3.05) is 5.32 Å². The van der Waals surface area contributed by atoms with E-state index in [1.807, 2.05) is 6.92 Å². The van der Waals surface area contributed by atoms with Gasteiger partial charge in [0.2, 0.25) is 0 Å². The predicted molar refractivity (Wildman–Crippen MR) is 114 cm³/mol. The topological polar surface area (TPSA) is 75.6 Å². The number of aryl methyl sites for hydroxylation is 1. The number of benzene rings is 2. The summed E-state index contributed by atoms with van der Waals surface area (Å²) in [4.78, 5) is 24.7.